The second-order valence-electron chi connectivity index (χ2n) is 6.50. The normalized spacial score (nSPS) is 11.7. The van der Waals surface area contributed by atoms with Gasteiger partial charge in [0.1, 0.15) is 12.7 Å². The fourth-order valence-corrected chi connectivity index (χ4v) is 2.46. The van der Waals surface area contributed by atoms with Crippen molar-refractivity contribution < 1.29 is 19.1 Å². The van der Waals surface area contributed by atoms with Gasteiger partial charge in [0.15, 0.2) is 0 Å². The molecule has 0 aliphatic heterocycles. The largest absolute Gasteiger partial charge is 0.458 e. The quantitative estimate of drug-likeness (QED) is 0.634. The molecule has 1 atom stereocenters. The van der Waals surface area contributed by atoms with Gasteiger partial charge in [-0.15, -0.1) is 0 Å². The van der Waals surface area contributed by atoms with Crippen LogP contribution in [0.25, 0.3) is 0 Å². The number of hydrogen-bond acceptors (Lipinski definition) is 4. The summed E-state index contributed by atoms with van der Waals surface area (Å²) in [5.74, 6) is -0.796. The van der Waals surface area contributed by atoms with E-state index in [0.717, 1.165) is 24.0 Å². The summed E-state index contributed by atoms with van der Waals surface area (Å²) >= 11 is 0. The van der Waals surface area contributed by atoms with E-state index < -0.39 is 18.0 Å². The molecule has 0 N–H and O–H groups in total. The molecule has 138 valence electrons. The molecule has 0 spiro atoms. The second-order valence-corrected chi connectivity index (χ2v) is 6.50. The zero-order valence-corrected chi connectivity index (χ0v) is 15.7. The molecule has 0 radical (unpaired) electrons. The molecule has 0 bridgehead atoms. The maximum atomic E-state index is 12.3. The van der Waals surface area contributed by atoms with E-state index in [1.807, 2.05) is 38.1 Å². The Balaban J connectivity index is 1.95. The number of ether oxygens (including phenoxy) is 2. The lowest BCUT2D eigenvalue weighted by molar-refractivity contribution is -0.00330. The summed E-state index contributed by atoms with van der Waals surface area (Å²) in [5.41, 5.74) is 3.15. The standard InChI is InChI=1S/C22H26O4/c1-4-5-6-20(26-22(24)19-13-9-17(3)10-14-19)15-25-21(23)18-11-7-16(2)8-12-18/h7-14,20H,4-6,15H2,1-3H3. The topological polar surface area (TPSA) is 52.6 Å². The molecule has 2 aromatic rings. The predicted molar refractivity (Wildman–Crippen MR) is 101 cm³/mol. The van der Waals surface area contributed by atoms with Crippen LogP contribution in [-0.2, 0) is 9.47 Å². The molecule has 26 heavy (non-hydrogen) atoms. The van der Waals surface area contributed by atoms with E-state index in [0.29, 0.717) is 17.5 Å². The van der Waals surface area contributed by atoms with Crippen molar-refractivity contribution in [3.63, 3.8) is 0 Å². The molecule has 0 saturated carbocycles. The molecule has 1 unspecified atom stereocenters. The van der Waals surface area contributed by atoms with Gasteiger partial charge in [-0.1, -0.05) is 48.7 Å². The van der Waals surface area contributed by atoms with Gasteiger partial charge < -0.3 is 9.47 Å². The van der Waals surface area contributed by atoms with Crippen molar-refractivity contribution in [3.8, 4) is 0 Å². The maximum Gasteiger partial charge on any atom is 0.338 e. The molecule has 4 heteroatoms. The summed E-state index contributed by atoms with van der Waals surface area (Å²) in [6.45, 7) is 6.05. The van der Waals surface area contributed by atoms with Crippen LogP contribution in [0.4, 0.5) is 0 Å². The Morgan fingerprint density at radius 1 is 0.846 bits per heavy atom. The lowest BCUT2D eigenvalue weighted by atomic mass is 10.1. The number of unbranched alkanes of at least 4 members (excludes halogenated alkanes) is 1. The molecular formula is C22H26O4. The highest BCUT2D eigenvalue weighted by Gasteiger charge is 2.18. The summed E-state index contributed by atoms with van der Waals surface area (Å²) < 4.78 is 10.9. The number of benzene rings is 2. The highest BCUT2D eigenvalue weighted by molar-refractivity contribution is 5.90. The maximum absolute atomic E-state index is 12.3. The molecular weight excluding hydrogens is 328 g/mol. The van der Waals surface area contributed by atoms with Gasteiger partial charge in [0.25, 0.3) is 0 Å². The Labute approximate surface area is 155 Å². The van der Waals surface area contributed by atoms with Gasteiger partial charge >= 0.3 is 11.9 Å². The van der Waals surface area contributed by atoms with Crippen LogP contribution in [-0.4, -0.2) is 24.6 Å². The monoisotopic (exact) mass is 354 g/mol. The van der Waals surface area contributed by atoms with Crippen LogP contribution in [0.1, 0.15) is 58.0 Å². The summed E-state index contributed by atoms with van der Waals surface area (Å²) in [4.78, 5) is 24.5. The van der Waals surface area contributed by atoms with Crippen LogP contribution in [0, 0.1) is 13.8 Å². The molecule has 4 nitrogen and oxygen atoms in total. The Morgan fingerprint density at radius 3 is 1.85 bits per heavy atom. The van der Waals surface area contributed by atoms with Crippen molar-refractivity contribution in [1.82, 2.24) is 0 Å². The summed E-state index contributed by atoms with van der Waals surface area (Å²) in [6.07, 6.45) is 2.09. The molecule has 0 saturated heterocycles. The van der Waals surface area contributed by atoms with Gasteiger partial charge in [-0.05, 0) is 51.0 Å². The SMILES string of the molecule is CCCCC(COC(=O)c1ccc(C)cc1)OC(=O)c1ccc(C)cc1. The lowest BCUT2D eigenvalue weighted by Gasteiger charge is -2.18. The van der Waals surface area contributed by atoms with Crippen LogP contribution in [0.2, 0.25) is 0 Å². The van der Waals surface area contributed by atoms with Crippen LogP contribution in [0.3, 0.4) is 0 Å². The van der Waals surface area contributed by atoms with Gasteiger partial charge in [0.2, 0.25) is 0 Å². The number of carbonyl (C=O) groups excluding carboxylic acids is 2. The fourth-order valence-electron chi connectivity index (χ4n) is 2.46. The minimum atomic E-state index is -0.446. The molecule has 0 aromatic heterocycles. The number of esters is 2. The van der Waals surface area contributed by atoms with E-state index >= 15 is 0 Å². The Morgan fingerprint density at radius 2 is 1.35 bits per heavy atom. The van der Waals surface area contributed by atoms with E-state index in [2.05, 4.69) is 6.92 Å². The first kappa shape index (κ1) is 19.7. The van der Waals surface area contributed by atoms with Crippen molar-refractivity contribution in [3.05, 3.63) is 70.8 Å². The van der Waals surface area contributed by atoms with Crippen molar-refractivity contribution >= 4 is 11.9 Å². The van der Waals surface area contributed by atoms with Crippen LogP contribution in [0.15, 0.2) is 48.5 Å². The Bertz CT molecular complexity index is 717. The number of rotatable bonds is 8. The van der Waals surface area contributed by atoms with E-state index in [1.54, 1.807) is 24.3 Å². The predicted octanol–water partition coefficient (Wildman–Crippen LogP) is 4.88. The van der Waals surface area contributed by atoms with Crippen LogP contribution >= 0.6 is 0 Å². The highest BCUT2D eigenvalue weighted by atomic mass is 16.6. The van der Waals surface area contributed by atoms with Crippen molar-refractivity contribution in [2.75, 3.05) is 6.61 Å². The van der Waals surface area contributed by atoms with Crippen molar-refractivity contribution in [1.29, 1.82) is 0 Å². The van der Waals surface area contributed by atoms with Gasteiger partial charge in [-0.25, -0.2) is 9.59 Å². The van der Waals surface area contributed by atoms with Crippen molar-refractivity contribution in [2.24, 2.45) is 0 Å². The first-order valence-electron chi connectivity index (χ1n) is 9.01. The van der Waals surface area contributed by atoms with Gasteiger partial charge in [0, 0.05) is 0 Å². The zero-order chi connectivity index (χ0) is 18.9. The molecule has 0 amide bonds. The fraction of sp³-hybridized carbons (Fsp3) is 0.364. The second kappa shape index (κ2) is 9.76. The van der Waals surface area contributed by atoms with E-state index in [1.165, 1.54) is 0 Å². The minimum Gasteiger partial charge on any atom is -0.458 e. The molecule has 0 aliphatic carbocycles. The first-order valence-corrected chi connectivity index (χ1v) is 9.01. The molecule has 0 heterocycles. The first-order chi connectivity index (χ1) is 12.5. The third kappa shape index (κ3) is 6.03. The number of aryl methyl sites for hydroxylation is 2. The summed E-state index contributed by atoms with van der Waals surface area (Å²) in [6, 6.07) is 14.4. The van der Waals surface area contributed by atoms with Crippen LogP contribution in [0.5, 0.6) is 0 Å². The van der Waals surface area contributed by atoms with Crippen LogP contribution < -0.4 is 0 Å². The van der Waals surface area contributed by atoms with E-state index in [4.69, 9.17) is 9.47 Å². The lowest BCUT2D eigenvalue weighted by Crippen LogP contribution is -2.25. The third-order valence-corrected chi connectivity index (χ3v) is 4.13. The van der Waals surface area contributed by atoms with Gasteiger partial charge in [0.05, 0.1) is 11.1 Å². The average Bonchev–Trinajstić information content (AvgIpc) is 2.64. The Hall–Kier alpha value is -2.62. The zero-order valence-electron chi connectivity index (χ0n) is 15.7. The number of carbonyl (C=O) groups is 2. The third-order valence-electron chi connectivity index (χ3n) is 4.13. The minimum absolute atomic E-state index is 0.0598. The van der Waals surface area contributed by atoms with E-state index in [-0.39, 0.29) is 6.61 Å². The van der Waals surface area contributed by atoms with Gasteiger partial charge in [-0.2, -0.15) is 0 Å². The molecule has 2 aromatic carbocycles. The van der Waals surface area contributed by atoms with E-state index in [9.17, 15) is 9.59 Å². The highest BCUT2D eigenvalue weighted by Crippen LogP contribution is 2.12. The smallest absolute Gasteiger partial charge is 0.338 e. The molecule has 2 rings (SSSR count). The van der Waals surface area contributed by atoms with Gasteiger partial charge in [-0.3, -0.25) is 0 Å². The summed E-state index contributed by atoms with van der Waals surface area (Å²) in [7, 11) is 0. The molecule has 0 aliphatic rings. The Kier molecular flexibility index (Phi) is 7.39. The summed E-state index contributed by atoms with van der Waals surface area (Å²) in [5, 5.41) is 0. The molecule has 0 fully saturated rings. The number of hydrogen-bond donors (Lipinski definition) is 0. The van der Waals surface area contributed by atoms with Crippen molar-refractivity contribution in [2.45, 2.75) is 46.1 Å². The average molecular weight is 354 g/mol.